The number of rotatable bonds is 4. The van der Waals surface area contributed by atoms with E-state index in [0.29, 0.717) is 23.8 Å². The van der Waals surface area contributed by atoms with Crippen LogP contribution in [0.15, 0.2) is 75.7 Å². The average molecular weight is 417 g/mol. The van der Waals surface area contributed by atoms with Crippen LogP contribution >= 0.6 is 11.6 Å². The summed E-state index contributed by atoms with van der Waals surface area (Å²) < 4.78 is 35.9. The molecule has 2 aliphatic rings. The van der Waals surface area contributed by atoms with Gasteiger partial charge in [-0.25, -0.2) is 4.99 Å². The van der Waals surface area contributed by atoms with E-state index in [1.165, 1.54) is 6.08 Å². The van der Waals surface area contributed by atoms with Gasteiger partial charge in [0, 0.05) is 6.54 Å². The molecule has 0 amide bonds. The van der Waals surface area contributed by atoms with Crippen molar-refractivity contribution < 1.29 is 17.3 Å². The molecule has 28 heavy (non-hydrogen) atoms. The molecule has 0 unspecified atom stereocenters. The SMILES string of the molecule is COc1ccc(CCN2C(Cl)=CC=C3C2=Nc2ccccc2OS3(=O)=O)cc1. The normalized spacial score (nSPS) is 17.2. The standard InChI is InChI=1S/C20H17ClN2O4S/c1-26-15-8-6-14(7-9-15)12-13-23-19(21)11-10-18-20(23)22-16-4-2-3-5-17(16)27-28(18,24)25/h2-11H,12-13H2,1H3. The third-order valence-electron chi connectivity index (χ3n) is 4.45. The number of allylic oxidation sites excluding steroid dienone is 2. The van der Waals surface area contributed by atoms with Crippen LogP contribution in [0.25, 0.3) is 0 Å². The molecule has 4 rings (SSSR count). The molecule has 0 spiro atoms. The third kappa shape index (κ3) is 3.50. The molecule has 0 bridgehead atoms. The number of methoxy groups -OCH3 is 1. The second-order valence-corrected chi connectivity index (χ2v) is 8.11. The Labute approximate surface area is 168 Å². The number of ether oxygens (including phenoxy) is 1. The van der Waals surface area contributed by atoms with Crippen molar-refractivity contribution in [1.29, 1.82) is 0 Å². The van der Waals surface area contributed by atoms with E-state index in [1.54, 1.807) is 42.4 Å². The highest BCUT2D eigenvalue weighted by Crippen LogP contribution is 2.36. The van der Waals surface area contributed by atoms with Gasteiger partial charge in [-0.1, -0.05) is 35.9 Å². The van der Waals surface area contributed by atoms with Crippen molar-refractivity contribution in [2.24, 2.45) is 4.99 Å². The van der Waals surface area contributed by atoms with Gasteiger partial charge in [-0.2, -0.15) is 8.42 Å². The Morgan fingerprint density at radius 3 is 2.61 bits per heavy atom. The fourth-order valence-corrected chi connectivity index (χ4v) is 4.31. The Hall–Kier alpha value is -2.77. The van der Waals surface area contributed by atoms with Crippen molar-refractivity contribution in [3.8, 4) is 11.5 Å². The van der Waals surface area contributed by atoms with Crippen LogP contribution < -0.4 is 8.92 Å². The second-order valence-electron chi connectivity index (χ2n) is 6.21. The van der Waals surface area contributed by atoms with Gasteiger partial charge in [0.25, 0.3) is 0 Å². The Morgan fingerprint density at radius 2 is 1.86 bits per heavy atom. The van der Waals surface area contributed by atoms with Crippen LogP contribution in [0.2, 0.25) is 0 Å². The maximum atomic E-state index is 12.7. The maximum absolute atomic E-state index is 12.7. The first kappa shape index (κ1) is 18.6. The van der Waals surface area contributed by atoms with Gasteiger partial charge in [0.15, 0.2) is 11.6 Å². The number of nitrogens with zero attached hydrogens (tertiary/aromatic N) is 2. The summed E-state index contributed by atoms with van der Waals surface area (Å²) in [4.78, 5) is 6.23. The molecule has 144 valence electrons. The van der Waals surface area contributed by atoms with Gasteiger partial charge >= 0.3 is 10.1 Å². The molecule has 8 heteroatoms. The zero-order valence-electron chi connectivity index (χ0n) is 15.0. The lowest BCUT2D eigenvalue weighted by Gasteiger charge is -2.28. The average Bonchev–Trinajstić information content (AvgIpc) is 2.80. The third-order valence-corrected chi connectivity index (χ3v) is 6.04. The van der Waals surface area contributed by atoms with E-state index < -0.39 is 10.1 Å². The topological polar surface area (TPSA) is 68.2 Å². The fraction of sp³-hybridized carbons (Fsp3) is 0.150. The number of hydrogen-bond donors (Lipinski definition) is 0. The van der Waals surface area contributed by atoms with Gasteiger partial charge in [-0.15, -0.1) is 0 Å². The number of fused-ring (bicyclic) bond motifs is 2. The van der Waals surface area contributed by atoms with Gasteiger partial charge in [0.1, 0.15) is 21.5 Å². The van der Waals surface area contributed by atoms with Crippen LogP contribution in [0, 0.1) is 0 Å². The van der Waals surface area contributed by atoms with E-state index in [-0.39, 0.29) is 16.5 Å². The lowest BCUT2D eigenvalue weighted by Crippen LogP contribution is -2.36. The smallest absolute Gasteiger partial charge is 0.343 e. The van der Waals surface area contributed by atoms with E-state index in [4.69, 9.17) is 20.5 Å². The Bertz CT molecular complexity index is 1110. The molecular weight excluding hydrogens is 400 g/mol. The van der Waals surface area contributed by atoms with E-state index >= 15 is 0 Å². The lowest BCUT2D eigenvalue weighted by atomic mass is 10.1. The monoisotopic (exact) mass is 416 g/mol. The largest absolute Gasteiger partial charge is 0.497 e. The van der Waals surface area contributed by atoms with Crippen LogP contribution in [0.1, 0.15) is 5.56 Å². The van der Waals surface area contributed by atoms with E-state index in [2.05, 4.69) is 4.99 Å². The van der Waals surface area contributed by atoms with Crippen molar-refractivity contribution in [3.63, 3.8) is 0 Å². The van der Waals surface area contributed by atoms with Gasteiger partial charge < -0.3 is 13.8 Å². The minimum Gasteiger partial charge on any atom is -0.497 e. The molecule has 0 saturated carbocycles. The summed E-state index contributed by atoms with van der Waals surface area (Å²) >= 11 is 6.40. The minimum atomic E-state index is -4.01. The first-order chi connectivity index (χ1) is 13.5. The Kier molecular flexibility index (Phi) is 4.87. The number of aliphatic imine (C=N–C) groups is 1. The minimum absolute atomic E-state index is 0.0113. The molecule has 2 heterocycles. The summed E-state index contributed by atoms with van der Waals surface area (Å²) in [7, 11) is -2.40. The van der Waals surface area contributed by atoms with E-state index in [1.807, 2.05) is 24.3 Å². The van der Waals surface area contributed by atoms with Crippen molar-refractivity contribution >= 4 is 33.2 Å². The van der Waals surface area contributed by atoms with Crippen LogP contribution in [0.3, 0.4) is 0 Å². The molecule has 2 aromatic carbocycles. The molecule has 6 nitrogen and oxygen atoms in total. The zero-order valence-corrected chi connectivity index (χ0v) is 16.6. The zero-order chi connectivity index (χ0) is 19.7. The summed E-state index contributed by atoms with van der Waals surface area (Å²) in [5, 5.41) is 0.394. The summed E-state index contributed by atoms with van der Waals surface area (Å²) in [5.41, 5.74) is 1.50. The van der Waals surface area contributed by atoms with Gasteiger partial charge in [0.2, 0.25) is 0 Å². The predicted molar refractivity (Wildman–Crippen MR) is 109 cm³/mol. The molecule has 0 atom stereocenters. The highest BCUT2D eigenvalue weighted by molar-refractivity contribution is 7.92. The quantitative estimate of drug-likeness (QED) is 0.557. The summed E-state index contributed by atoms with van der Waals surface area (Å²) in [6.45, 7) is 0.454. The molecule has 0 aliphatic carbocycles. The molecular formula is C20H17ClN2O4S. The lowest BCUT2D eigenvalue weighted by molar-refractivity contribution is 0.414. The highest BCUT2D eigenvalue weighted by atomic mass is 35.5. The van der Waals surface area contributed by atoms with E-state index in [0.717, 1.165) is 11.3 Å². The first-order valence-corrected chi connectivity index (χ1v) is 10.4. The number of hydrogen-bond acceptors (Lipinski definition) is 6. The van der Waals surface area contributed by atoms with Gasteiger partial charge in [0.05, 0.1) is 7.11 Å². The second kappa shape index (κ2) is 7.33. The van der Waals surface area contributed by atoms with E-state index in [9.17, 15) is 8.42 Å². The Morgan fingerprint density at radius 1 is 1.11 bits per heavy atom. The van der Waals surface area contributed by atoms with Crippen molar-refractivity contribution in [2.45, 2.75) is 6.42 Å². The van der Waals surface area contributed by atoms with Crippen molar-refractivity contribution in [1.82, 2.24) is 4.90 Å². The molecule has 2 aliphatic heterocycles. The number of para-hydroxylation sites is 2. The molecule has 2 aromatic rings. The maximum Gasteiger partial charge on any atom is 0.343 e. The molecule has 0 saturated heterocycles. The van der Waals surface area contributed by atoms with Crippen LogP contribution in [-0.2, 0) is 16.5 Å². The number of benzene rings is 2. The Balaban J connectivity index is 1.68. The van der Waals surface area contributed by atoms with Gasteiger partial charge in [-0.05, 0) is 48.4 Å². The van der Waals surface area contributed by atoms with Crippen molar-refractivity contribution in [2.75, 3.05) is 13.7 Å². The molecule has 0 N–H and O–H groups in total. The van der Waals surface area contributed by atoms with Crippen molar-refractivity contribution in [3.05, 3.63) is 76.3 Å². The predicted octanol–water partition coefficient (Wildman–Crippen LogP) is 3.97. The molecule has 0 fully saturated rings. The molecule has 0 radical (unpaired) electrons. The highest BCUT2D eigenvalue weighted by Gasteiger charge is 2.35. The van der Waals surface area contributed by atoms with Crippen LogP contribution in [0.5, 0.6) is 11.5 Å². The van der Waals surface area contributed by atoms with Crippen LogP contribution in [-0.4, -0.2) is 32.8 Å². The molecule has 0 aromatic heterocycles. The fourth-order valence-electron chi connectivity index (χ4n) is 3.00. The number of amidine groups is 1. The van der Waals surface area contributed by atoms with Gasteiger partial charge in [-0.3, -0.25) is 0 Å². The van der Waals surface area contributed by atoms with Crippen LogP contribution in [0.4, 0.5) is 5.69 Å². The summed E-state index contributed by atoms with van der Waals surface area (Å²) in [6.07, 6.45) is 3.61. The number of halogens is 1. The first-order valence-electron chi connectivity index (χ1n) is 8.58. The summed E-state index contributed by atoms with van der Waals surface area (Å²) in [5.74, 6) is 1.22. The summed E-state index contributed by atoms with van der Waals surface area (Å²) in [6, 6.07) is 14.4.